The second-order valence-corrected chi connectivity index (χ2v) is 7.64. The molecule has 0 aliphatic carbocycles. The lowest BCUT2D eigenvalue weighted by Gasteiger charge is -2.11. The average molecular weight is 378 g/mol. The minimum Gasteiger partial charge on any atom is -0.455 e. The minimum absolute atomic E-state index is 0.0207. The Bertz CT molecular complexity index is 895. The van der Waals surface area contributed by atoms with Crippen molar-refractivity contribution in [2.24, 2.45) is 0 Å². The molecule has 1 amide bonds. The third-order valence-electron chi connectivity index (χ3n) is 3.82. The lowest BCUT2D eigenvalue weighted by atomic mass is 10.1. The Hall–Kier alpha value is -2.45. The van der Waals surface area contributed by atoms with Crippen LogP contribution in [-0.2, 0) is 24.3 Å². The second-order valence-electron chi connectivity index (χ2n) is 5.87. The molecule has 0 spiro atoms. The predicted octanol–water partition coefficient (Wildman–Crippen LogP) is 1.58. The highest BCUT2D eigenvalue weighted by Crippen LogP contribution is 2.18. The zero-order valence-corrected chi connectivity index (χ0v) is 15.5. The molecule has 0 fully saturated rings. The van der Waals surface area contributed by atoms with E-state index < -0.39 is 35.1 Å². The van der Waals surface area contributed by atoms with Crippen molar-refractivity contribution >= 4 is 32.7 Å². The van der Waals surface area contributed by atoms with Gasteiger partial charge in [-0.05, 0) is 36.2 Å². The molecule has 2 N–H and O–H groups in total. The maximum atomic E-state index is 12.3. The van der Waals surface area contributed by atoms with Crippen molar-refractivity contribution in [1.82, 2.24) is 10.0 Å². The molecule has 140 valence electrons. The Balaban J connectivity index is 1.90. The molecule has 0 aliphatic heterocycles. The first kappa shape index (κ1) is 19.9. The molecule has 2 rings (SSSR count). The molecule has 0 aromatic heterocycles. The van der Waals surface area contributed by atoms with Crippen LogP contribution in [0.15, 0.2) is 47.4 Å². The summed E-state index contributed by atoms with van der Waals surface area (Å²) < 4.78 is 31.6. The van der Waals surface area contributed by atoms with Crippen molar-refractivity contribution in [1.29, 1.82) is 0 Å². The number of nitrogens with one attached hydrogen (secondary N) is 2. The zero-order chi connectivity index (χ0) is 19.2. The van der Waals surface area contributed by atoms with Crippen molar-refractivity contribution in [3.05, 3.63) is 42.5 Å². The summed E-state index contributed by atoms with van der Waals surface area (Å²) in [6.07, 6.45) is 0.755. The molecule has 0 aliphatic rings. The molecule has 0 unspecified atom stereocenters. The second kappa shape index (κ2) is 8.77. The van der Waals surface area contributed by atoms with Gasteiger partial charge < -0.3 is 10.1 Å². The van der Waals surface area contributed by atoms with Crippen molar-refractivity contribution in [3.63, 3.8) is 0 Å². The first-order valence-corrected chi connectivity index (χ1v) is 9.73. The Morgan fingerprint density at radius 3 is 2.50 bits per heavy atom. The van der Waals surface area contributed by atoms with Crippen molar-refractivity contribution in [2.75, 3.05) is 13.2 Å². The minimum atomic E-state index is -3.86. The Morgan fingerprint density at radius 1 is 1.12 bits per heavy atom. The maximum absolute atomic E-state index is 12.3. The van der Waals surface area contributed by atoms with Gasteiger partial charge in [-0.2, -0.15) is 4.72 Å². The lowest BCUT2D eigenvalue weighted by molar-refractivity contribution is -0.147. The van der Waals surface area contributed by atoms with Gasteiger partial charge in [0.1, 0.15) is 6.54 Å². The number of ether oxygens (including phenoxy) is 1. The topological polar surface area (TPSA) is 102 Å². The molecule has 0 saturated heterocycles. The van der Waals surface area contributed by atoms with Crippen LogP contribution < -0.4 is 10.0 Å². The van der Waals surface area contributed by atoms with Crippen LogP contribution in [0.4, 0.5) is 0 Å². The van der Waals surface area contributed by atoms with Gasteiger partial charge in [0.2, 0.25) is 10.0 Å². The summed E-state index contributed by atoms with van der Waals surface area (Å²) >= 11 is 0. The molecule has 8 heteroatoms. The van der Waals surface area contributed by atoms with Gasteiger partial charge in [0, 0.05) is 6.04 Å². The molecular formula is C18H22N2O5S. The molecule has 0 bridgehead atoms. The summed E-state index contributed by atoms with van der Waals surface area (Å²) in [5, 5.41) is 4.34. The lowest BCUT2D eigenvalue weighted by Crippen LogP contribution is -2.37. The summed E-state index contributed by atoms with van der Waals surface area (Å²) in [7, 11) is -3.86. The van der Waals surface area contributed by atoms with Gasteiger partial charge in [0.15, 0.2) is 6.61 Å². The number of hydrogen-bond acceptors (Lipinski definition) is 5. The number of amides is 1. The molecule has 0 saturated carbocycles. The summed E-state index contributed by atoms with van der Waals surface area (Å²) in [6, 6.07) is 12.0. The number of esters is 1. The van der Waals surface area contributed by atoms with Crippen LogP contribution in [-0.4, -0.2) is 39.5 Å². The van der Waals surface area contributed by atoms with Crippen LogP contribution in [0.1, 0.15) is 20.3 Å². The van der Waals surface area contributed by atoms with E-state index in [-0.39, 0.29) is 10.9 Å². The summed E-state index contributed by atoms with van der Waals surface area (Å²) in [5.74, 6) is -1.25. The SMILES string of the molecule is CC[C@@H](C)NC(=O)COC(=O)CNS(=O)(=O)c1ccc2ccccc2c1. The van der Waals surface area contributed by atoms with E-state index in [1.807, 2.05) is 32.0 Å². The molecular weight excluding hydrogens is 356 g/mol. The predicted molar refractivity (Wildman–Crippen MR) is 98.0 cm³/mol. The number of sulfonamides is 1. The van der Waals surface area contributed by atoms with E-state index >= 15 is 0 Å². The maximum Gasteiger partial charge on any atom is 0.321 e. The smallest absolute Gasteiger partial charge is 0.321 e. The quantitative estimate of drug-likeness (QED) is 0.679. The highest BCUT2D eigenvalue weighted by Gasteiger charge is 2.17. The van der Waals surface area contributed by atoms with Crippen LogP contribution >= 0.6 is 0 Å². The first-order valence-electron chi connectivity index (χ1n) is 8.25. The van der Waals surface area contributed by atoms with E-state index in [2.05, 4.69) is 10.0 Å². The third-order valence-corrected chi connectivity index (χ3v) is 5.22. The normalized spacial score (nSPS) is 12.5. The summed E-state index contributed by atoms with van der Waals surface area (Å²) in [4.78, 5) is 23.3. The average Bonchev–Trinajstić information content (AvgIpc) is 2.64. The Kier molecular flexibility index (Phi) is 6.70. The number of hydrogen-bond donors (Lipinski definition) is 2. The molecule has 2 aromatic carbocycles. The van der Waals surface area contributed by atoms with Gasteiger partial charge in [-0.1, -0.05) is 37.3 Å². The van der Waals surface area contributed by atoms with Crippen molar-refractivity contribution in [3.8, 4) is 0 Å². The van der Waals surface area contributed by atoms with E-state index in [9.17, 15) is 18.0 Å². The Labute approximate surface area is 152 Å². The van der Waals surface area contributed by atoms with Crippen LogP contribution in [0.5, 0.6) is 0 Å². The van der Waals surface area contributed by atoms with Crippen LogP contribution in [0.25, 0.3) is 10.8 Å². The van der Waals surface area contributed by atoms with Gasteiger partial charge in [0.25, 0.3) is 5.91 Å². The molecule has 7 nitrogen and oxygen atoms in total. The molecule has 0 radical (unpaired) electrons. The van der Waals surface area contributed by atoms with E-state index in [1.165, 1.54) is 12.1 Å². The molecule has 1 atom stereocenters. The fraction of sp³-hybridized carbons (Fsp3) is 0.333. The van der Waals surface area contributed by atoms with E-state index in [4.69, 9.17) is 4.74 Å². The van der Waals surface area contributed by atoms with E-state index in [0.717, 1.165) is 17.2 Å². The highest BCUT2D eigenvalue weighted by atomic mass is 32.2. The zero-order valence-electron chi connectivity index (χ0n) is 14.7. The number of rotatable bonds is 8. The molecule has 0 heterocycles. The van der Waals surface area contributed by atoms with Gasteiger partial charge in [-0.25, -0.2) is 8.42 Å². The van der Waals surface area contributed by atoms with Gasteiger partial charge >= 0.3 is 5.97 Å². The standard InChI is InChI=1S/C18H22N2O5S/c1-3-13(2)20-17(21)12-25-18(22)11-19-26(23,24)16-9-8-14-6-4-5-7-15(14)10-16/h4-10,13,19H,3,11-12H2,1-2H3,(H,20,21)/t13-/m1/s1. The number of carbonyl (C=O) groups is 2. The monoisotopic (exact) mass is 378 g/mol. The number of benzene rings is 2. The number of carbonyl (C=O) groups excluding carboxylic acids is 2. The highest BCUT2D eigenvalue weighted by molar-refractivity contribution is 7.89. The van der Waals surface area contributed by atoms with Gasteiger partial charge in [-0.3, -0.25) is 9.59 Å². The first-order chi connectivity index (χ1) is 12.3. The van der Waals surface area contributed by atoms with Gasteiger partial charge in [-0.15, -0.1) is 0 Å². The van der Waals surface area contributed by atoms with E-state index in [0.29, 0.717) is 0 Å². The van der Waals surface area contributed by atoms with E-state index in [1.54, 1.807) is 12.1 Å². The van der Waals surface area contributed by atoms with Crippen LogP contribution in [0.2, 0.25) is 0 Å². The summed E-state index contributed by atoms with van der Waals surface area (Å²) in [6.45, 7) is 2.75. The fourth-order valence-corrected chi connectivity index (χ4v) is 3.19. The van der Waals surface area contributed by atoms with Crippen LogP contribution in [0, 0.1) is 0 Å². The van der Waals surface area contributed by atoms with Gasteiger partial charge in [0.05, 0.1) is 4.90 Å². The Morgan fingerprint density at radius 2 is 1.81 bits per heavy atom. The van der Waals surface area contributed by atoms with Crippen molar-refractivity contribution < 1.29 is 22.7 Å². The fourth-order valence-electron chi connectivity index (χ4n) is 2.19. The number of fused-ring (bicyclic) bond motifs is 1. The third kappa shape index (κ3) is 5.53. The van der Waals surface area contributed by atoms with Crippen molar-refractivity contribution in [2.45, 2.75) is 31.2 Å². The molecule has 26 heavy (non-hydrogen) atoms. The summed E-state index contributed by atoms with van der Waals surface area (Å²) in [5.41, 5.74) is 0. The molecule has 2 aromatic rings. The largest absolute Gasteiger partial charge is 0.455 e. The van der Waals surface area contributed by atoms with Crippen LogP contribution in [0.3, 0.4) is 0 Å².